The zero-order chi connectivity index (χ0) is 15.3. The number of rotatable bonds is 6. The van der Waals surface area contributed by atoms with Crippen molar-refractivity contribution in [3.05, 3.63) is 28.5 Å². The molecule has 5 heteroatoms. The van der Waals surface area contributed by atoms with Crippen LogP contribution >= 0.6 is 11.6 Å². The van der Waals surface area contributed by atoms with Crippen molar-refractivity contribution in [2.75, 3.05) is 13.2 Å². The Hall–Kier alpha value is -1.13. The van der Waals surface area contributed by atoms with Crippen molar-refractivity contribution in [2.45, 2.75) is 40.0 Å². The van der Waals surface area contributed by atoms with Gasteiger partial charge in [-0.05, 0) is 29.9 Å². The highest BCUT2D eigenvalue weighted by Gasteiger charge is 2.19. The first kappa shape index (κ1) is 16.9. The maximum Gasteiger partial charge on any atom is 0.251 e. The van der Waals surface area contributed by atoms with Crippen LogP contribution in [0.2, 0.25) is 5.15 Å². The van der Waals surface area contributed by atoms with E-state index in [9.17, 15) is 4.79 Å². The summed E-state index contributed by atoms with van der Waals surface area (Å²) in [4.78, 5) is 16.4. The molecular formula is C15H23ClN2O2. The SMILES string of the molecule is CC(C)c1cc(C(=O)NCC(C)(C)CCO)cc(Cl)n1. The van der Waals surface area contributed by atoms with Gasteiger partial charge in [0.25, 0.3) is 5.91 Å². The Morgan fingerprint density at radius 1 is 1.45 bits per heavy atom. The normalized spacial score (nSPS) is 11.8. The lowest BCUT2D eigenvalue weighted by Gasteiger charge is -2.23. The number of pyridine rings is 1. The van der Waals surface area contributed by atoms with Crippen molar-refractivity contribution in [1.82, 2.24) is 10.3 Å². The molecule has 0 bridgehead atoms. The average Bonchev–Trinajstić information content (AvgIpc) is 2.35. The molecule has 0 saturated carbocycles. The van der Waals surface area contributed by atoms with Crippen LogP contribution in [0.1, 0.15) is 56.1 Å². The van der Waals surface area contributed by atoms with E-state index < -0.39 is 0 Å². The van der Waals surface area contributed by atoms with Crippen molar-refractivity contribution in [2.24, 2.45) is 5.41 Å². The first-order valence-electron chi connectivity index (χ1n) is 6.82. The summed E-state index contributed by atoms with van der Waals surface area (Å²) in [6.07, 6.45) is 0.641. The number of carbonyl (C=O) groups excluding carboxylic acids is 1. The standard InChI is InChI=1S/C15H23ClN2O2/c1-10(2)12-7-11(8-13(16)18-12)14(20)17-9-15(3,4)5-6-19/h7-8,10,19H,5-6,9H2,1-4H3,(H,17,20). The maximum atomic E-state index is 12.2. The Labute approximate surface area is 125 Å². The zero-order valence-electron chi connectivity index (χ0n) is 12.5. The lowest BCUT2D eigenvalue weighted by molar-refractivity contribution is 0.0928. The second-order valence-electron chi connectivity index (χ2n) is 6.08. The van der Waals surface area contributed by atoms with Gasteiger partial charge < -0.3 is 10.4 Å². The molecule has 20 heavy (non-hydrogen) atoms. The minimum Gasteiger partial charge on any atom is -0.396 e. The molecular weight excluding hydrogens is 276 g/mol. The van der Waals surface area contributed by atoms with Gasteiger partial charge >= 0.3 is 0 Å². The van der Waals surface area contributed by atoms with Gasteiger partial charge in [-0.3, -0.25) is 4.79 Å². The number of aliphatic hydroxyl groups is 1. The van der Waals surface area contributed by atoms with Crippen LogP contribution in [-0.4, -0.2) is 29.1 Å². The van der Waals surface area contributed by atoms with Crippen LogP contribution in [0.25, 0.3) is 0 Å². The predicted octanol–water partition coefficient (Wildman–Crippen LogP) is 3.00. The Morgan fingerprint density at radius 3 is 2.65 bits per heavy atom. The molecule has 0 saturated heterocycles. The largest absolute Gasteiger partial charge is 0.396 e. The number of nitrogens with one attached hydrogen (secondary N) is 1. The van der Waals surface area contributed by atoms with Crippen molar-refractivity contribution < 1.29 is 9.90 Å². The molecule has 0 aliphatic carbocycles. The van der Waals surface area contributed by atoms with Gasteiger partial charge in [-0.25, -0.2) is 4.98 Å². The van der Waals surface area contributed by atoms with Crippen molar-refractivity contribution in [3.8, 4) is 0 Å². The number of halogens is 1. The minimum atomic E-state index is -0.165. The molecule has 0 aliphatic heterocycles. The zero-order valence-corrected chi connectivity index (χ0v) is 13.3. The fourth-order valence-corrected chi connectivity index (χ4v) is 1.97. The quantitative estimate of drug-likeness (QED) is 0.794. The highest BCUT2D eigenvalue weighted by atomic mass is 35.5. The van der Waals surface area contributed by atoms with Crippen LogP contribution in [0.15, 0.2) is 12.1 Å². The maximum absolute atomic E-state index is 12.2. The van der Waals surface area contributed by atoms with Gasteiger partial charge in [0.1, 0.15) is 5.15 Å². The topological polar surface area (TPSA) is 62.2 Å². The van der Waals surface area contributed by atoms with Gasteiger partial charge in [0.05, 0.1) is 0 Å². The number of nitrogens with zero attached hydrogens (tertiary/aromatic N) is 1. The van der Waals surface area contributed by atoms with Crippen LogP contribution in [0.4, 0.5) is 0 Å². The summed E-state index contributed by atoms with van der Waals surface area (Å²) in [5.74, 6) is 0.0493. The van der Waals surface area contributed by atoms with E-state index in [4.69, 9.17) is 16.7 Å². The smallest absolute Gasteiger partial charge is 0.251 e. The molecule has 0 aliphatic rings. The molecule has 2 N–H and O–H groups in total. The van der Waals surface area contributed by atoms with E-state index >= 15 is 0 Å². The molecule has 1 heterocycles. The number of aromatic nitrogens is 1. The minimum absolute atomic E-state index is 0.113. The molecule has 0 aromatic carbocycles. The Bertz CT molecular complexity index is 473. The first-order chi connectivity index (χ1) is 9.25. The van der Waals surface area contributed by atoms with E-state index in [2.05, 4.69) is 10.3 Å². The van der Waals surface area contributed by atoms with Gasteiger partial charge in [-0.15, -0.1) is 0 Å². The summed E-state index contributed by atoms with van der Waals surface area (Å²) < 4.78 is 0. The third kappa shape index (κ3) is 5.10. The Kier molecular flexibility index (Phi) is 5.96. The van der Waals surface area contributed by atoms with Crippen LogP contribution in [0.3, 0.4) is 0 Å². The predicted molar refractivity (Wildman–Crippen MR) is 81.2 cm³/mol. The number of hydrogen-bond acceptors (Lipinski definition) is 3. The fourth-order valence-electron chi connectivity index (χ4n) is 1.76. The molecule has 0 atom stereocenters. The summed E-state index contributed by atoms with van der Waals surface area (Å²) in [6.45, 7) is 8.63. The molecule has 4 nitrogen and oxygen atoms in total. The van der Waals surface area contributed by atoms with Crippen LogP contribution in [-0.2, 0) is 0 Å². The Morgan fingerprint density at radius 2 is 2.10 bits per heavy atom. The van der Waals surface area contributed by atoms with Gasteiger partial charge in [0.15, 0.2) is 0 Å². The van der Waals surface area contributed by atoms with Crippen LogP contribution in [0, 0.1) is 5.41 Å². The second-order valence-corrected chi connectivity index (χ2v) is 6.47. The van der Waals surface area contributed by atoms with Crippen molar-refractivity contribution in [3.63, 3.8) is 0 Å². The van der Waals surface area contributed by atoms with Crippen LogP contribution < -0.4 is 5.32 Å². The van der Waals surface area contributed by atoms with Gasteiger partial charge in [0.2, 0.25) is 0 Å². The Balaban J connectivity index is 2.78. The molecule has 0 unspecified atom stereocenters. The van der Waals surface area contributed by atoms with E-state index in [1.54, 1.807) is 12.1 Å². The van der Waals surface area contributed by atoms with Crippen molar-refractivity contribution in [1.29, 1.82) is 0 Å². The van der Waals surface area contributed by atoms with E-state index in [0.717, 1.165) is 5.69 Å². The highest BCUT2D eigenvalue weighted by Crippen LogP contribution is 2.20. The number of aliphatic hydroxyl groups excluding tert-OH is 1. The fraction of sp³-hybridized carbons (Fsp3) is 0.600. The monoisotopic (exact) mass is 298 g/mol. The van der Waals surface area contributed by atoms with E-state index in [1.807, 2.05) is 27.7 Å². The molecule has 0 radical (unpaired) electrons. The molecule has 1 rings (SSSR count). The summed E-state index contributed by atoms with van der Waals surface area (Å²) >= 11 is 5.95. The molecule has 112 valence electrons. The summed E-state index contributed by atoms with van der Waals surface area (Å²) in [5, 5.41) is 12.2. The molecule has 1 aromatic heterocycles. The van der Waals surface area contributed by atoms with E-state index in [1.165, 1.54) is 0 Å². The lowest BCUT2D eigenvalue weighted by atomic mass is 9.89. The summed E-state index contributed by atoms with van der Waals surface area (Å²) in [5.41, 5.74) is 1.19. The van der Waals surface area contributed by atoms with E-state index in [0.29, 0.717) is 23.7 Å². The highest BCUT2D eigenvalue weighted by molar-refractivity contribution is 6.29. The third-order valence-electron chi connectivity index (χ3n) is 3.18. The van der Waals surface area contributed by atoms with Crippen LogP contribution in [0.5, 0.6) is 0 Å². The molecule has 0 fully saturated rings. The first-order valence-corrected chi connectivity index (χ1v) is 7.19. The number of amides is 1. The number of hydrogen-bond donors (Lipinski definition) is 2. The second kappa shape index (κ2) is 7.04. The van der Waals surface area contributed by atoms with Gasteiger partial charge in [0, 0.05) is 24.4 Å². The van der Waals surface area contributed by atoms with Gasteiger partial charge in [-0.2, -0.15) is 0 Å². The number of carbonyl (C=O) groups is 1. The average molecular weight is 299 g/mol. The summed E-state index contributed by atoms with van der Waals surface area (Å²) in [7, 11) is 0. The van der Waals surface area contributed by atoms with Crippen molar-refractivity contribution >= 4 is 17.5 Å². The van der Waals surface area contributed by atoms with E-state index in [-0.39, 0.29) is 23.8 Å². The molecule has 1 aromatic rings. The van der Waals surface area contributed by atoms with Gasteiger partial charge in [-0.1, -0.05) is 39.3 Å². The third-order valence-corrected chi connectivity index (χ3v) is 3.38. The lowest BCUT2D eigenvalue weighted by Crippen LogP contribution is -2.34. The molecule has 1 amide bonds. The molecule has 0 spiro atoms. The summed E-state index contributed by atoms with van der Waals surface area (Å²) in [6, 6.07) is 3.34.